The van der Waals surface area contributed by atoms with Crippen molar-refractivity contribution in [3.8, 4) is 0 Å². The van der Waals surface area contributed by atoms with E-state index in [1.165, 1.54) is 45.6 Å². The summed E-state index contributed by atoms with van der Waals surface area (Å²) in [5, 5.41) is 0. The summed E-state index contributed by atoms with van der Waals surface area (Å²) in [6, 6.07) is 0. The van der Waals surface area contributed by atoms with E-state index in [0.29, 0.717) is 0 Å². The summed E-state index contributed by atoms with van der Waals surface area (Å²) in [5.41, 5.74) is 0. The standard InChI is InChI=1S/C12H23ClN2O/c13-3-6-14-4-1-5-15(8-7-14)10-12-2-9-16-11-12/h12H,1-11H2. The molecule has 0 aromatic heterocycles. The van der Waals surface area contributed by atoms with E-state index < -0.39 is 0 Å². The summed E-state index contributed by atoms with van der Waals surface area (Å²) in [6.07, 6.45) is 2.53. The summed E-state index contributed by atoms with van der Waals surface area (Å²) < 4.78 is 5.44. The Bertz CT molecular complexity index is 197. The fourth-order valence-electron chi connectivity index (χ4n) is 2.64. The van der Waals surface area contributed by atoms with Gasteiger partial charge in [-0.3, -0.25) is 0 Å². The van der Waals surface area contributed by atoms with Gasteiger partial charge in [0.2, 0.25) is 0 Å². The Morgan fingerprint density at radius 1 is 1.12 bits per heavy atom. The summed E-state index contributed by atoms with van der Waals surface area (Å²) >= 11 is 5.79. The van der Waals surface area contributed by atoms with Gasteiger partial charge in [0.15, 0.2) is 0 Å². The van der Waals surface area contributed by atoms with Gasteiger partial charge in [0.1, 0.15) is 0 Å². The van der Waals surface area contributed by atoms with Crippen molar-refractivity contribution in [2.75, 3.05) is 58.4 Å². The average Bonchev–Trinajstić information content (AvgIpc) is 2.68. The van der Waals surface area contributed by atoms with Crippen LogP contribution < -0.4 is 0 Å². The van der Waals surface area contributed by atoms with Crippen molar-refractivity contribution in [3.63, 3.8) is 0 Å². The zero-order chi connectivity index (χ0) is 11.2. The first-order valence-corrected chi connectivity index (χ1v) is 7.00. The predicted octanol–water partition coefficient (Wildman–Crippen LogP) is 1.27. The maximum Gasteiger partial charge on any atom is 0.0507 e. The van der Waals surface area contributed by atoms with Gasteiger partial charge in [0.05, 0.1) is 6.61 Å². The highest BCUT2D eigenvalue weighted by molar-refractivity contribution is 6.18. The van der Waals surface area contributed by atoms with E-state index in [2.05, 4.69) is 9.80 Å². The van der Waals surface area contributed by atoms with Gasteiger partial charge in [-0.25, -0.2) is 0 Å². The van der Waals surface area contributed by atoms with Gasteiger partial charge >= 0.3 is 0 Å². The van der Waals surface area contributed by atoms with Gasteiger partial charge in [-0.15, -0.1) is 11.6 Å². The van der Waals surface area contributed by atoms with Gasteiger partial charge in [0.25, 0.3) is 0 Å². The van der Waals surface area contributed by atoms with Crippen LogP contribution in [0.1, 0.15) is 12.8 Å². The Morgan fingerprint density at radius 2 is 1.94 bits per heavy atom. The summed E-state index contributed by atoms with van der Waals surface area (Å²) in [7, 11) is 0. The van der Waals surface area contributed by atoms with Crippen LogP contribution in [0.25, 0.3) is 0 Å². The minimum Gasteiger partial charge on any atom is -0.381 e. The number of nitrogens with zero attached hydrogens (tertiary/aromatic N) is 2. The van der Waals surface area contributed by atoms with Gasteiger partial charge in [0, 0.05) is 38.7 Å². The number of ether oxygens (including phenoxy) is 1. The maximum absolute atomic E-state index is 5.79. The molecule has 1 unspecified atom stereocenters. The van der Waals surface area contributed by atoms with Crippen LogP contribution in [0.15, 0.2) is 0 Å². The first-order valence-electron chi connectivity index (χ1n) is 6.47. The van der Waals surface area contributed by atoms with Crippen LogP contribution in [0.5, 0.6) is 0 Å². The lowest BCUT2D eigenvalue weighted by atomic mass is 10.1. The van der Waals surface area contributed by atoms with Crippen LogP contribution in [-0.2, 0) is 4.74 Å². The lowest BCUT2D eigenvalue weighted by Crippen LogP contribution is -2.34. The van der Waals surface area contributed by atoms with Gasteiger partial charge in [-0.2, -0.15) is 0 Å². The Balaban J connectivity index is 1.70. The highest BCUT2D eigenvalue weighted by atomic mass is 35.5. The molecule has 3 nitrogen and oxygen atoms in total. The summed E-state index contributed by atoms with van der Waals surface area (Å²) in [4.78, 5) is 5.09. The maximum atomic E-state index is 5.79. The molecule has 0 aliphatic carbocycles. The largest absolute Gasteiger partial charge is 0.381 e. The number of rotatable bonds is 4. The van der Waals surface area contributed by atoms with E-state index >= 15 is 0 Å². The third kappa shape index (κ3) is 3.88. The molecule has 4 heteroatoms. The highest BCUT2D eigenvalue weighted by Gasteiger charge is 2.21. The Labute approximate surface area is 104 Å². The molecule has 0 bridgehead atoms. The monoisotopic (exact) mass is 246 g/mol. The smallest absolute Gasteiger partial charge is 0.0507 e. The molecule has 0 amide bonds. The summed E-state index contributed by atoms with van der Waals surface area (Å²) in [5.74, 6) is 1.54. The molecule has 2 rings (SSSR count). The van der Waals surface area contributed by atoms with Gasteiger partial charge in [-0.1, -0.05) is 0 Å². The summed E-state index contributed by atoms with van der Waals surface area (Å²) in [6.45, 7) is 9.06. The second-order valence-corrected chi connectivity index (χ2v) is 5.29. The molecule has 94 valence electrons. The van der Waals surface area contributed by atoms with Crippen molar-refractivity contribution in [2.45, 2.75) is 12.8 Å². The van der Waals surface area contributed by atoms with Crippen LogP contribution in [0.2, 0.25) is 0 Å². The first-order chi connectivity index (χ1) is 7.88. The molecule has 2 fully saturated rings. The number of halogens is 1. The molecule has 2 aliphatic heterocycles. The zero-order valence-electron chi connectivity index (χ0n) is 10.0. The molecule has 2 saturated heterocycles. The molecule has 2 heterocycles. The third-order valence-electron chi connectivity index (χ3n) is 3.62. The highest BCUT2D eigenvalue weighted by Crippen LogP contribution is 2.15. The van der Waals surface area contributed by atoms with Crippen molar-refractivity contribution < 1.29 is 4.74 Å². The van der Waals surface area contributed by atoms with E-state index in [9.17, 15) is 0 Å². The average molecular weight is 247 g/mol. The van der Waals surface area contributed by atoms with Crippen LogP contribution in [0, 0.1) is 5.92 Å². The molecular formula is C12H23ClN2O. The molecule has 0 spiro atoms. The van der Waals surface area contributed by atoms with Crippen molar-refractivity contribution >= 4 is 11.6 Å². The van der Waals surface area contributed by atoms with Gasteiger partial charge < -0.3 is 14.5 Å². The SMILES string of the molecule is ClCCN1CCCN(CC2CCOC2)CC1. The van der Waals surface area contributed by atoms with Crippen LogP contribution in [-0.4, -0.2) is 68.2 Å². The van der Waals surface area contributed by atoms with E-state index in [1.807, 2.05) is 0 Å². The number of hydrogen-bond acceptors (Lipinski definition) is 3. The Kier molecular flexibility index (Phi) is 5.36. The van der Waals surface area contributed by atoms with E-state index in [0.717, 1.165) is 31.6 Å². The third-order valence-corrected chi connectivity index (χ3v) is 3.79. The van der Waals surface area contributed by atoms with Crippen molar-refractivity contribution in [1.29, 1.82) is 0 Å². The van der Waals surface area contributed by atoms with Crippen molar-refractivity contribution in [3.05, 3.63) is 0 Å². The fraction of sp³-hybridized carbons (Fsp3) is 1.00. The van der Waals surface area contributed by atoms with Crippen LogP contribution in [0.4, 0.5) is 0 Å². The topological polar surface area (TPSA) is 15.7 Å². The van der Waals surface area contributed by atoms with Crippen molar-refractivity contribution in [2.24, 2.45) is 5.92 Å². The molecule has 2 aliphatic rings. The lowest BCUT2D eigenvalue weighted by Gasteiger charge is -2.23. The second kappa shape index (κ2) is 6.80. The zero-order valence-corrected chi connectivity index (χ0v) is 10.8. The normalized spacial score (nSPS) is 29.4. The predicted molar refractivity (Wildman–Crippen MR) is 67.1 cm³/mol. The molecule has 0 saturated carbocycles. The van der Waals surface area contributed by atoms with E-state index in [4.69, 9.17) is 16.3 Å². The fourth-order valence-corrected chi connectivity index (χ4v) is 2.88. The molecule has 0 aromatic carbocycles. The van der Waals surface area contributed by atoms with Crippen LogP contribution in [0.3, 0.4) is 0 Å². The second-order valence-electron chi connectivity index (χ2n) is 4.91. The minimum atomic E-state index is 0.760. The van der Waals surface area contributed by atoms with E-state index in [1.54, 1.807) is 0 Å². The Hall–Kier alpha value is 0.170. The molecule has 0 aromatic rings. The molecule has 0 radical (unpaired) electrons. The first kappa shape index (κ1) is 12.6. The van der Waals surface area contributed by atoms with Gasteiger partial charge in [-0.05, 0) is 31.8 Å². The number of hydrogen-bond donors (Lipinski definition) is 0. The number of alkyl halides is 1. The molecular weight excluding hydrogens is 224 g/mol. The Morgan fingerprint density at radius 3 is 2.69 bits per heavy atom. The molecule has 16 heavy (non-hydrogen) atoms. The molecule has 1 atom stereocenters. The minimum absolute atomic E-state index is 0.760. The molecule has 0 N–H and O–H groups in total. The van der Waals surface area contributed by atoms with E-state index in [-0.39, 0.29) is 0 Å². The quantitative estimate of drug-likeness (QED) is 0.695. The lowest BCUT2D eigenvalue weighted by molar-refractivity contribution is 0.167. The van der Waals surface area contributed by atoms with Crippen molar-refractivity contribution in [1.82, 2.24) is 9.80 Å². The van der Waals surface area contributed by atoms with Crippen LogP contribution >= 0.6 is 11.6 Å².